The molecule has 2 heterocycles. The van der Waals surface area contributed by atoms with Crippen molar-refractivity contribution in [2.45, 2.75) is 41.9 Å². The Kier molecular flexibility index (Phi) is 3.59. The first-order valence-electron chi connectivity index (χ1n) is 7.44. The molecular formula is C17H19NS2. The summed E-state index contributed by atoms with van der Waals surface area (Å²) in [6.07, 6.45) is 5.14. The van der Waals surface area contributed by atoms with Crippen LogP contribution in [0.5, 0.6) is 0 Å². The quantitative estimate of drug-likeness (QED) is 0.900. The molecule has 2 aliphatic rings. The van der Waals surface area contributed by atoms with Gasteiger partial charge in [0.15, 0.2) is 0 Å². The number of nitrogens with one attached hydrogen (secondary N) is 1. The van der Waals surface area contributed by atoms with Crippen LogP contribution in [0.15, 0.2) is 40.6 Å². The van der Waals surface area contributed by atoms with E-state index in [-0.39, 0.29) is 0 Å². The van der Waals surface area contributed by atoms with Crippen LogP contribution in [0.2, 0.25) is 0 Å². The van der Waals surface area contributed by atoms with Crippen LogP contribution < -0.4 is 5.32 Å². The number of hydrogen-bond donors (Lipinski definition) is 1. The molecule has 0 amide bonds. The highest BCUT2D eigenvalue weighted by Crippen LogP contribution is 2.38. The zero-order valence-electron chi connectivity index (χ0n) is 11.5. The molecule has 0 bridgehead atoms. The largest absolute Gasteiger partial charge is 0.309 e. The third-order valence-corrected chi connectivity index (χ3v) is 6.67. The van der Waals surface area contributed by atoms with Crippen molar-refractivity contribution < 1.29 is 0 Å². The Hall–Kier alpha value is -0.770. The minimum absolute atomic E-state index is 0.592. The van der Waals surface area contributed by atoms with Crippen molar-refractivity contribution in [3.63, 3.8) is 0 Å². The zero-order chi connectivity index (χ0) is 13.4. The normalized spacial score (nSPS) is 24.4. The van der Waals surface area contributed by atoms with Gasteiger partial charge in [-0.3, -0.25) is 0 Å². The molecule has 2 atom stereocenters. The van der Waals surface area contributed by atoms with Gasteiger partial charge in [-0.15, -0.1) is 23.1 Å². The standard InChI is InChI=1S/C17H19NS2/c1-2-6-16-12(4-1)10-13(20-16)11-18-15-5-3-7-17-14(15)8-9-19-17/h1-2,4,6,8-9,13,15,18H,3,5,7,10-11H2. The Balaban J connectivity index is 1.39. The minimum Gasteiger partial charge on any atom is -0.309 e. The summed E-state index contributed by atoms with van der Waals surface area (Å²) >= 11 is 3.98. The van der Waals surface area contributed by atoms with Crippen LogP contribution in [-0.4, -0.2) is 11.8 Å². The summed E-state index contributed by atoms with van der Waals surface area (Å²) in [5.74, 6) is 0. The van der Waals surface area contributed by atoms with Crippen LogP contribution >= 0.6 is 23.1 Å². The second-order valence-electron chi connectivity index (χ2n) is 5.70. The molecule has 0 spiro atoms. The molecule has 1 aromatic heterocycles. The van der Waals surface area contributed by atoms with E-state index in [4.69, 9.17) is 0 Å². The minimum atomic E-state index is 0.592. The third-order valence-electron chi connectivity index (χ3n) is 4.36. The maximum absolute atomic E-state index is 3.83. The van der Waals surface area contributed by atoms with Crippen LogP contribution in [0, 0.1) is 0 Å². The topological polar surface area (TPSA) is 12.0 Å². The third kappa shape index (κ3) is 2.43. The average molecular weight is 301 g/mol. The Labute approximate surface area is 128 Å². The lowest BCUT2D eigenvalue weighted by molar-refractivity contribution is 0.463. The molecule has 1 aromatic carbocycles. The first kappa shape index (κ1) is 12.9. The molecular weight excluding hydrogens is 282 g/mol. The van der Waals surface area contributed by atoms with E-state index in [1.54, 1.807) is 10.4 Å². The number of thioether (sulfide) groups is 1. The Bertz CT molecular complexity index is 580. The smallest absolute Gasteiger partial charge is 0.0331 e. The molecule has 0 saturated carbocycles. The molecule has 2 aromatic rings. The molecule has 4 rings (SSSR count). The number of aryl methyl sites for hydroxylation is 1. The van der Waals surface area contributed by atoms with Gasteiger partial charge in [-0.1, -0.05) is 18.2 Å². The second-order valence-corrected chi connectivity index (χ2v) is 8.05. The Morgan fingerprint density at radius 2 is 2.15 bits per heavy atom. The summed E-state index contributed by atoms with van der Waals surface area (Å²) in [6.45, 7) is 1.12. The van der Waals surface area contributed by atoms with E-state index in [2.05, 4.69) is 41.0 Å². The monoisotopic (exact) mass is 301 g/mol. The maximum atomic E-state index is 3.83. The molecule has 1 N–H and O–H groups in total. The van der Waals surface area contributed by atoms with Gasteiger partial charge >= 0.3 is 0 Å². The Morgan fingerprint density at radius 3 is 3.10 bits per heavy atom. The van der Waals surface area contributed by atoms with Crippen LogP contribution in [0.3, 0.4) is 0 Å². The molecule has 0 radical (unpaired) electrons. The van der Waals surface area contributed by atoms with Crippen molar-refractivity contribution in [1.29, 1.82) is 0 Å². The molecule has 2 unspecified atom stereocenters. The van der Waals surface area contributed by atoms with Crippen molar-refractivity contribution in [1.82, 2.24) is 5.32 Å². The number of thiophene rings is 1. The summed E-state index contributed by atoms with van der Waals surface area (Å²) in [5, 5.41) is 6.79. The SMILES string of the molecule is c1ccc2c(c1)CC(CNC1CCCc3sccc31)S2. The van der Waals surface area contributed by atoms with Gasteiger partial charge in [-0.05, 0) is 54.3 Å². The summed E-state index contributed by atoms with van der Waals surface area (Å²) in [4.78, 5) is 3.09. The second kappa shape index (κ2) is 5.55. The van der Waals surface area contributed by atoms with Gasteiger partial charge in [0.2, 0.25) is 0 Å². The fourth-order valence-corrected chi connectivity index (χ4v) is 5.59. The van der Waals surface area contributed by atoms with Crippen LogP contribution in [0.1, 0.15) is 34.9 Å². The van der Waals surface area contributed by atoms with Crippen molar-refractivity contribution in [2.75, 3.05) is 6.54 Å². The van der Waals surface area contributed by atoms with E-state index < -0.39 is 0 Å². The molecule has 0 fully saturated rings. The maximum Gasteiger partial charge on any atom is 0.0331 e. The number of hydrogen-bond acceptors (Lipinski definition) is 3. The Morgan fingerprint density at radius 1 is 1.20 bits per heavy atom. The van der Waals surface area contributed by atoms with E-state index in [1.807, 2.05) is 23.1 Å². The van der Waals surface area contributed by atoms with Gasteiger partial charge in [-0.2, -0.15) is 0 Å². The molecule has 0 saturated heterocycles. The molecule has 104 valence electrons. The van der Waals surface area contributed by atoms with Crippen LogP contribution in [0.4, 0.5) is 0 Å². The molecule has 1 aliphatic carbocycles. The molecule has 3 heteroatoms. The summed E-state index contributed by atoms with van der Waals surface area (Å²) in [5.41, 5.74) is 3.10. The zero-order valence-corrected chi connectivity index (χ0v) is 13.1. The lowest BCUT2D eigenvalue weighted by Crippen LogP contribution is -2.30. The fraction of sp³-hybridized carbons (Fsp3) is 0.412. The first-order chi connectivity index (χ1) is 9.90. The number of fused-ring (bicyclic) bond motifs is 2. The van der Waals surface area contributed by atoms with E-state index in [9.17, 15) is 0 Å². The molecule has 20 heavy (non-hydrogen) atoms. The van der Waals surface area contributed by atoms with Gasteiger partial charge < -0.3 is 5.32 Å². The average Bonchev–Trinajstić information content (AvgIpc) is 3.11. The van der Waals surface area contributed by atoms with Gasteiger partial charge in [0.1, 0.15) is 0 Å². The van der Waals surface area contributed by atoms with E-state index in [0.29, 0.717) is 11.3 Å². The highest BCUT2D eigenvalue weighted by Gasteiger charge is 2.25. The van der Waals surface area contributed by atoms with E-state index in [0.717, 1.165) is 6.54 Å². The predicted molar refractivity (Wildman–Crippen MR) is 87.8 cm³/mol. The highest BCUT2D eigenvalue weighted by molar-refractivity contribution is 8.00. The summed E-state index contributed by atoms with van der Waals surface area (Å²) in [6, 6.07) is 11.8. The van der Waals surface area contributed by atoms with E-state index in [1.165, 1.54) is 36.1 Å². The van der Waals surface area contributed by atoms with Gasteiger partial charge in [-0.25, -0.2) is 0 Å². The van der Waals surface area contributed by atoms with Crippen LogP contribution in [-0.2, 0) is 12.8 Å². The predicted octanol–water partition coefficient (Wildman–Crippen LogP) is 4.43. The number of benzene rings is 1. The van der Waals surface area contributed by atoms with Crippen molar-refractivity contribution in [3.05, 3.63) is 51.7 Å². The molecule has 1 aliphatic heterocycles. The number of rotatable bonds is 3. The van der Waals surface area contributed by atoms with Gasteiger partial charge in [0.05, 0.1) is 0 Å². The highest BCUT2D eigenvalue weighted by atomic mass is 32.2. The molecule has 1 nitrogen and oxygen atoms in total. The summed E-state index contributed by atoms with van der Waals surface area (Å²) < 4.78 is 0. The van der Waals surface area contributed by atoms with Crippen molar-refractivity contribution >= 4 is 23.1 Å². The van der Waals surface area contributed by atoms with Gasteiger partial charge in [0, 0.05) is 27.6 Å². The lowest BCUT2D eigenvalue weighted by Gasteiger charge is -2.25. The lowest BCUT2D eigenvalue weighted by atomic mass is 9.94. The van der Waals surface area contributed by atoms with E-state index >= 15 is 0 Å². The fourth-order valence-electron chi connectivity index (χ4n) is 3.34. The summed E-state index contributed by atoms with van der Waals surface area (Å²) in [7, 11) is 0. The van der Waals surface area contributed by atoms with Crippen molar-refractivity contribution in [2.24, 2.45) is 0 Å². The van der Waals surface area contributed by atoms with Crippen LogP contribution in [0.25, 0.3) is 0 Å². The van der Waals surface area contributed by atoms with Crippen molar-refractivity contribution in [3.8, 4) is 0 Å². The first-order valence-corrected chi connectivity index (χ1v) is 9.20. The van der Waals surface area contributed by atoms with Gasteiger partial charge in [0.25, 0.3) is 0 Å².